The fraction of sp³-hybridized carbons (Fsp3) is 0.647. The highest BCUT2D eigenvalue weighted by atomic mass is 28.3. The van der Waals surface area contributed by atoms with Gasteiger partial charge in [0.25, 0.3) is 0 Å². The molecule has 0 aromatic carbocycles. The van der Waals surface area contributed by atoms with E-state index in [1.165, 1.54) is 6.92 Å². The van der Waals surface area contributed by atoms with E-state index in [0.717, 1.165) is 6.04 Å². The van der Waals surface area contributed by atoms with Gasteiger partial charge in [-0.3, -0.25) is 4.79 Å². The van der Waals surface area contributed by atoms with E-state index in [9.17, 15) is 14.4 Å². The van der Waals surface area contributed by atoms with Crippen molar-refractivity contribution >= 4 is 25.9 Å². The zero-order valence-corrected chi connectivity index (χ0v) is 16.5. The van der Waals surface area contributed by atoms with Gasteiger partial charge in [0.2, 0.25) is 11.4 Å². The van der Waals surface area contributed by atoms with E-state index in [2.05, 4.69) is 30.7 Å². The number of amides is 1. The van der Waals surface area contributed by atoms with Crippen molar-refractivity contribution < 1.29 is 23.9 Å². The lowest BCUT2D eigenvalue weighted by atomic mass is 9.94. The van der Waals surface area contributed by atoms with Crippen LogP contribution in [0, 0.1) is 0 Å². The minimum atomic E-state index is -1.88. The van der Waals surface area contributed by atoms with Crippen LogP contribution in [-0.4, -0.2) is 44.7 Å². The molecule has 1 amide bonds. The van der Waals surface area contributed by atoms with E-state index in [1.54, 1.807) is 19.9 Å². The van der Waals surface area contributed by atoms with Crippen molar-refractivity contribution in [2.45, 2.75) is 58.4 Å². The Kier molecular flexibility index (Phi) is 9.32. The molecule has 0 saturated heterocycles. The van der Waals surface area contributed by atoms with Crippen LogP contribution in [0.2, 0.25) is 25.7 Å². The molecule has 0 rings (SSSR count). The third-order valence-corrected chi connectivity index (χ3v) is 4.42. The van der Waals surface area contributed by atoms with E-state index >= 15 is 0 Å². The number of hydrogen-bond donors (Lipinski definition) is 1. The van der Waals surface area contributed by atoms with Gasteiger partial charge in [-0.15, -0.1) is 5.73 Å². The molecule has 24 heavy (non-hydrogen) atoms. The van der Waals surface area contributed by atoms with Crippen molar-refractivity contribution in [3.63, 3.8) is 0 Å². The smallest absolute Gasteiger partial charge is 0.344 e. The van der Waals surface area contributed by atoms with Gasteiger partial charge in [-0.05, 0) is 32.0 Å². The van der Waals surface area contributed by atoms with Crippen molar-refractivity contribution in [3.8, 4) is 0 Å². The molecule has 1 N–H and O–H groups in total. The Hall–Kier alpha value is -1.85. The number of nitrogens with one attached hydrogen (secondary N) is 1. The predicted octanol–water partition coefficient (Wildman–Crippen LogP) is 2.43. The monoisotopic (exact) mass is 355 g/mol. The molecule has 0 unspecified atom stereocenters. The van der Waals surface area contributed by atoms with Crippen LogP contribution < -0.4 is 5.32 Å². The Labute approximate surface area is 145 Å². The molecule has 0 saturated carbocycles. The second-order valence-electron chi connectivity index (χ2n) is 6.57. The highest BCUT2D eigenvalue weighted by Crippen LogP contribution is 2.17. The molecule has 0 radical (unpaired) electrons. The number of carbonyl (C=O) groups is 3. The number of ether oxygens (including phenoxy) is 2. The van der Waals surface area contributed by atoms with E-state index in [0.29, 0.717) is 0 Å². The third-order valence-electron chi connectivity index (χ3n) is 3.00. The maximum Gasteiger partial charge on any atom is 0.344 e. The summed E-state index contributed by atoms with van der Waals surface area (Å²) < 4.78 is 9.96. The first kappa shape index (κ1) is 22.1. The van der Waals surface area contributed by atoms with Crippen LogP contribution in [0.25, 0.3) is 0 Å². The quantitative estimate of drug-likeness (QED) is 0.297. The van der Waals surface area contributed by atoms with E-state index in [1.807, 2.05) is 6.08 Å². The molecule has 0 bridgehead atoms. The van der Waals surface area contributed by atoms with Crippen LogP contribution >= 0.6 is 0 Å². The van der Waals surface area contributed by atoms with Crippen LogP contribution in [0.5, 0.6) is 0 Å². The number of esters is 2. The highest BCUT2D eigenvalue weighted by molar-refractivity contribution is 6.76. The summed E-state index contributed by atoms with van der Waals surface area (Å²) >= 11 is 0. The Balaban J connectivity index is 5.55. The fourth-order valence-corrected chi connectivity index (χ4v) is 2.60. The van der Waals surface area contributed by atoms with Crippen LogP contribution in [-0.2, 0) is 23.9 Å². The van der Waals surface area contributed by atoms with Crippen molar-refractivity contribution in [3.05, 3.63) is 17.9 Å². The average Bonchev–Trinajstić information content (AvgIpc) is 2.44. The minimum Gasteiger partial charge on any atom is -0.464 e. The lowest BCUT2D eigenvalue weighted by molar-refractivity contribution is -0.167. The number of carbonyl (C=O) groups excluding carboxylic acids is 3. The van der Waals surface area contributed by atoms with Crippen LogP contribution in [0.4, 0.5) is 0 Å². The normalized spacial score (nSPS) is 11.1. The first-order valence-corrected chi connectivity index (χ1v) is 11.8. The van der Waals surface area contributed by atoms with Crippen molar-refractivity contribution in [1.29, 1.82) is 0 Å². The summed E-state index contributed by atoms with van der Waals surface area (Å²) in [5.41, 5.74) is 1.11. The molecule has 0 fully saturated rings. The van der Waals surface area contributed by atoms with Crippen molar-refractivity contribution in [2.24, 2.45) is 0 Å². The Morgan fingerprint density at radius 2 is 1.54 bits per heavy atom. The summed E-state index contributed by atoms with van der Waals surface area (Å²) in [6.45, 7) is 11.4. The Morgan fingerprint density at radius 1 is 1.04 bits per heavy atom. The SMILES string of the molecule is CCOC(=O)C(CC=C=CC[Si](C)(C)C)(NC(C)=O)C(=O)OCC. The lowest BCUT2D eigenvalue weighted by Gasteiger charge is -2.28. The van der Waals surface area contributed by atoms with E-state index in [-0.39, 0.29) is 19.6 Å². The van der Waals surface area contributed by atoms with Crippen LogP contribution in [0.1, 0.15) is 27.2 Å². The molecule has 6 nitrogen and oxygen atoms in total. The molecule has 0 aliphatic carbocycles. The molecule has 0 aromatic rings. The van der Waals surface area contributed by atoms with Gasteiger partial charge in [0.1, 0.15) is 0 Å². The van der Waals surface area contributed by atoms with Gasteiger partial charge < -0.3 is 14.8 Å². The molecule has 0 aliphatic rings. The Bertz CT molecular complexity index is 498. The summed E-state index contributed by atoms with van der Waals surface area (Å²) in [5.74, 6) is -2.18. The molecule has 0 heterocycles. The molecule has 136 valence electrons. The van der Waals surface area contributed by atoms with Gasteiger partial charge in [-0.2, -0.15) is 0 Å². The van der Waals surface area contributed by atoms with E-state index in [4.69, 9.17) is 9.47 Å². The van der Waals surface area contributed by atoms with Gasteiger partial charge in [0.15, 0.2) is 0 Å². The summed E-state index contributed by atoms with van der Waals surface area (Å²) in [4.78, 5) is 36.2. The number of rotatable bonds is 9. The zero-order valence-electron chi connectivity index (χ0n) is 15.5. The van der Waals surface area contributed by atoms with E-state index < -0.39 is 31.5 Å². The average molecular weight is 356 g/mol. The van der Waals surface area contributed by atoms with Gasteiger partial charge >= 0.3 is 11.9 Å². The first-order valence-electron chi connectivity index (χ1n) is 8.11. The minimum absolute atomic E-state index is 0.0769. The molecule has 0 aliphatic heterocycles. The molecule has 0 atom stereocenters. The van der Waals surface area contributed by atoms with Crippen molar-refractivity contribution in [1.82, 2.24) is 5.32 Å². The summed E-state index contributed by atoms with van der Waals surface area (Å²) in [5, 5.41) is 2.41. The van der Waals surface area contributed by atoms with Gasteiger partial charge in [0.05, 0.1) is 13.2 Å². The fourth-order valence-electron chi connectivity index (χ4n) is 1.87. The van der Waals surface area contributed by atoms with Crippen molar-refractivity contribution in [2.75, 3.05) is 13.2 Å². The van der Waals surface area contributed by atoms with Gasteiger partial charge in [0, 0.05) is 21.4 Å². The second kappa shape index (κ2) is 10.1. The second-order valence-corrected chi connectivity index (χ2v) is 12.1. The Morgan fingerprint density at radius 3 is 1.92 bits per heavy atom. The molecule has 7 heteroatoms. The molecule has 0 spiro atoms. The first-order chi connectivity index (χ1) is 11.1. The molecular formula is C17H29NO5Si. The topological polar surface area (TPSA) is 81.7 Å². The predicted molar refractivity (Wildman–Crippen MR) is 95.2 cm³/mol. The van der Waals surface area contributed by atoms with Crippen LogP contribution in [0.15, 0.2) is 17.9 Å². The third kappa shape index (κ3) is 7.61. The summed E-state index contributed by atoms with van der Waals surface area (Å²) in [7, 11) is -1.24. The molecular weight excluding hydrogens is 326 g/mol. The maximum atomic E-state index is 12.4. The standard InChI is InChI=1S/C17H29NO5Si/c1-7-22-15(20)17(18-14(3)19,16(21)23-8-2)12-10-9-11-13-24(4,5)6/h10-11H,7-8,12-13H2,1-6H3,(H,18,19). The molecule has 0 aromatic heterocycles. The maximum absolute atomic E-state index is 12.4. The zero-order chi connectivity index (χ0) is 18.8. The summed E-state index contributed by atoms with van der Waals surface area (Å²) in [6.07, 6.45) is 3.37. The van der Waals surface area contributed by atoms with Crippen LogP contribution in [0.3, 0.4) is 0 Å². The van der Waals surface area contributed by atoms with Gasteiger partial charge in [-0.25, -0.2) is 9.59 Å². The largest absolute Gasteiger partial charge is 0.464 e. The highest BCUT2D eigenvalue weighted by Gasteiger charge is 2.49. The lowest BCUT2D eigenvalue weighted by Crippen LogP contribution is -2.60. The number of hydrogen-bond acceptors (Lipinski definition) is 5. The van der Waals surface area contributed by atoms with Gasteiger partial charge in [-0.1, -0.05) is 19.6 Å². The summed E-state index contributed by atoms with van der Waals surface area (Å²) in [6, 6.07) is 0.926.